The van der Waals surface area contributed by atoms with Gasteiger partial charge in [-0.3, -0.25) is 19.3 Å². The van der Waals surface area contributed by atoms with Crippen LogP contribution in [-0.4, -0.2) is 56.7 Å². The molecule has 8 heteroatoms. The van der Waals surface area contributed by atoms with Crippen molar-refractivity contribution in [2.45, 2.75) is 51.1 Å². The molecule has 0 unspecified atom stereocenters. The maximum atomic E-state index is 13.8. The fourth-order valence-electron chi connectivity index (χ4n) is 5.48. The maximum absolute atomic E-state index is 13.8. The summed E-state index contributed by atoms with van der Waals surface area (Å²) in [6.45, 7) is 5.21. The molecule has 1 aromatic heterocycles. The molecule has 3 aliphatic rings. The Balaban J connectivity index is 1.36. The zero-order valence-corrected chi connectivity index (χ0v) is 20.1. The van der Waals surface area contributed by atoms with E-state index in [0.29, 0.717) is 23.9 Å². The van der Waals surface area contributed by atoms with Crippen molar-refractivity contribution in [1.29, 1.82) is 0 Å². The SMILES string of the molecule is Cc1nn(C)cc1CN1CCC([C@@]2(Cc3ccccc3Cl)NC(=O)N(CC3CC3)C2=O)CC1. The van der Waals surface area contributed by atoms with Gasteiger partial charge in [0.2, 0.25) is 0 Å². The van der Waals surface area contributed by atoms with E-state index in [1.165, 1.54) is 10.5 Å². The summed E-state index contributed by atoms with van der Waals surface area (Å²) in [5, 5.41) is 8.27. The molecule has 0 radical (unpaired) electrons. The first-order chi connectivity index (χ1) is 15.9. The number of piperidine rings is 1. The van der Waals surface area contributed by atoms with Gasteiger partial charge in [0.25, 0.3) is 5.91 Å². The summed E-state index contributed by atoms with van der Waals surface area (Å²) in [6, 6.07) is 7.41. The van der Waals surface area contributed by atoms with Crippen LogP contribution in [0.5, 0.6) is 0 Å². The number of aryl methyl sites for hydroxylation is 2. The number of likely N-dealkylation sites (tertiary alicyclic amines) is 1. The molecule has 3 fully saturated rings. The lowest BCUT2D eigenvalue weighted by atomic mass is 9.73. The topological polar surface area (TPSA) is 70.5 Å². The number of hydrogen-bond donors (Lipinski definition) is 1. The summed E-state index contributed by atoms with van der Waals surface area (Å²) in [4.78, 5) is 30.7. The van der Waals surface area contributed by atoms with Crippen molar-refractivity contribution < 1.29 is 9.59 Å². The molecular weight excluding hydrogens is 438 g/mol. The number of imide groups is 1. The van der Waals surface area contributed by atoms with Gasteiger partial charge in [0.1, 0.15) is 5.54 Å². The molecule has 7 nitrogen and oxygen atoms in total. The van der Waals surface area contributed by atoms with Gasteiger partial charge in [0.15, 0.2) is 0 Å². The Morgan fingerprint density at radius 2 is 1.85 bits per heavy atom. The van der Waals surface area contributed by atoms with Gasteiger partial charge in [0.05, 0.1) is 5.69 Å². The molecule has 33 heavy (non-hydrogen) atoms. The smallest absolute Gasteiger partial charge is 0.322 e. The van der Waals surface area contributed by atoms with E-state index in [0.717, 1.165) is 56.6 Å². The number of carbonyl (C=O) groups excluding carboxylic acids is 2. The average Bonchev–Trinajstić information content (AvgIpc) is 3.51. The number of hydrogen-bond acceptors (Lipinski definition) is 4. The second kappa shape index (κ2) is 8.76. The number of rotatable bonds is 7. The standard InChI is InChI=1S/C25H32ClN5O2/c1-17-20(15-29(2)28-17)16-30-11-9-21(10-12-30)25(13-19-5-3-4-6-22(19)26)23(32)31(24(33)27-25)14-18-7-8-18/h3-6,15,18,21H,7-14,16H2,1-2H3,(H,27,33)/t25-/m1/s1. The highest BCUT2D eigenvalue weighted by Crippen LogP contribution is 2.39. The van der Waals surface area contributed by atoms with Crippen molar-refractivity contribution in [3.8, 4) is 0 Å². The number of amides is 3. The molecule has 1 aliphatic carbocycles. The summed E-state index contributed by atoms with van der Waals surface area (Å²) in [5.41, 5.74) is 2.29. The second-order valence-corrected chi connectivity index (χ2v) is 10.4. The van der Waals surface area contributed by atoms with Gasteiger partial charge in [-0.05, 0) is 69.2 Å². The fraction of sp³-hybridized carbons (Fsp3) is 0.560. The van der Waals surface area contributed by atoms with Gasteiger partial charge >= 0.3 is 6.03 Å². The molecule has 0 bridgehead atoms. The molecule has 1 aromatic carbocycles. The molecule has 2 saturated heterocycles. The number of halogens is 1. The van der Waals surface area contributed by atoms with E-state index < -0.39 is 5.54 Å². The van der Waals surface area contributed by atoms with Crippen LogP contribution in [0.2, 0.25) is 5.02 Å². The van der Waals surface area contributed by atoms with Crippen LogP contribution in [0.15, 0.2) is 30.5 Å². The lowest BCUT2D eigenvalue weighted by Gasteiger charge is -2.41. The average molecular weight is 470 g/mol. The minimum absolute atomic E-state index is 0.0686. The van der Waals surface area contributed by atoms with Crippen LogP contribution in [0.25, 0.3) is 0 Å². The Labute approximate surface area is 200 Å². The largest absolute Gasteiger partial charge is 0.325 e. The zero-order chi connectivity index (χ0) is 23.2. The van der Waals surface area contributed by atoms with Gasteiger partial charge in [-0.2, -0.15) is 5.10 Å². The molecule has 176 valence electrons. The number of carbonyl (C=O) groups is 2. The van der Waals surface area contributed by atoms with Crippen LogP contribution in [0.1, 0.15) is 42.5 Å². The van der Waals surface area contributed by atoms with E-state index >= 15 is 0 Å². The molecule has 1 saturated carbocycles. The van der Waals surface area contributed by atoms with E-state index in [4.69, 9.17) is 11.6 Å². The highest BCUT2D eigenvalue weighted by molar-refractivity contribution is 6.31. The third kappa shape index (κ3) is 4.41. The highest BCUT2D eigenvalue weighted by atomic mass is 35.5. The van der Waals surface area contributed by atoms with Crippen molar-refractivity contribution in [2.24, 2.45) is 18.9 Å². The molecule has 2 aliphatic heterocycles. The predicted octanol–water partition coefficient (Wildman–Crippen LogP) is 3.54. The maximum Gasteiger partial charge on any atom is 0.325 e. The third-order valence-electron chi connectivity index (χ3n) is 7.56. The lowest BCUT2D eigenvalue weighted by Crippen LogP contribution is -2.57. The fourth-order valence-corrected chi connectivity index (χ4v) is 5.68. The number of benzene rings is 1. The van der Waals surface area contributed by atoms with E-state index in [2.05, 4.69) is 21.5 Å². The lowest BCUT2D eigenvalue weighted by molar-refractivity contribution is -0.134. The molecule has 3 heterocycles. The normalized spacial score (nSPS) is 24.5. The Morgan fingerprint density at radius 3 is 2.48 bits per heavy atom. The Bertz CT molecular complexity index is 1060. The predicted molar refractivity (Wildman–Crippen MR) is 127 cm³/mol. The minimum atomic E-state index is -0.923. The van der Waals surface area contributed by atoms with Gasteiger partial charge in [0, 0.05) is 43.3 Å². The van der Waals surface area contributed by atoms with Gasteiger partial charge in [-0.25, -0.2) is 4.79 Å². The van der Waals surface area contributed by atoms with Crippen LogP contribution in [-0.2, 0) is 24.8 Å². The monoisotopic (exact) mass is 469 g/mol. The van der Waals surface area contributed by atoms with Crippen LogP contribution >= 0.6 is 11.6 Å². The first-order valence-corrected chi connectivity index (χ1v) is 12.3. The van der Waals surface area contributed by atoms with Crippen molar-refractivity contribution in [1.82, 2.24) is 24.9 Å². The number of nitrogens with one attached hydrogen (secondary N) is 1. The zero-order valence-electron chi connectivity index (χ0n) is 19.4. The van der Waals surface area contributed by atoms with E-state index in [1.54, 1.807) is 0 Å². The van der Waals surface area contributed by atoms with Crippen molar-refractivity contribution in [3.63, 3.8) is 0 Å². The summed E-state index contributed by atoms with van der Waals surface area (Å²) >= 11 is 6.49. The highest BCUT2D eigenvalue weighted by Gasteiger charge is 2.56. The van der Waals surface area contributed by atoms with Gasteiger partial charge in [-0.1, -0.05) is 29.8 Å². The van der Waals surface area contributed by atoms with E-state index in [1.807, 2.05) is 42.9 Å². The van der Waals surface area contributed by atoms with Crippen LogP contribution in [0, 0.1) is 18.8 Å². The van der Waals surface area contributed by atoms with E-state index in [9.17, 15) is 9.59 Å². The molecule has 0 spiro atoms. The number of urea groups is 1. The van der Waals surface area contributed by atoms with Crippen LogP contribution in [0.3, 0.4) is 0 Å². The number of aromatic nitrogens is 2. The minimum Gasteiger partial charge on any atom is -0.322 e. The third-order valence-corrected chi connectivity index (χ3v) is 7.93. The Morgan fingerprint density at radius 1 is 1.12 bits per heavy atom. The molecule has 3 amide bonds. The van der Waals surface area contributed by atoms with Gasteiger partial charge in [-0.15, -0.1) is 0 Å². The Hall–Kier alpha value is -2.38. The summed E-state index contributed by atoms with van der Waals surface area (Å²) in [5.74, 6) is 0.460. The van der Waals surface area contributed by atoms with Gasteiger partial charge < -0.3 is 5.32 Å². The van der Waals surface area contributed by atoms with E-state index in [-0.39, 0.29) is 17.9 Å². The molecule has 5 rings (SSSR count). The Kier molecular flexibility index (Phi) is 5.95. The summed E-state index contributed by atoms with van der Waals surface area (Å²) in [6.07, 6.45) is 6.42. The van der Waals surface area contributed by atoms with Crippen molar-refractivity contribution in [2.75, 3.05) is 19.6 Å². The molecular formula is C25H32ClN5O2. The second-order valence-electron chi connectivity index (χ2n) is 9.99. The van der Waals surface area contributed by atoms with Crippen LogP contribution in [0.4, 0.5) is 4.79 Å². The van der Waals surface area contributed by atoms with Crippen molar-refractivity contribution >= 4 is 23.5 Å². The first kappa shape index (κ1) is 22.4. The summed E-state index contributed by atoms with van der Waals surface area (Å²) < 4.78 is 1.86. The first-order valence-electron chi connectivity index (χ1n) is 11.9. The molecule has 1 atom stereocenters. The van der Waals surface area contributed by atoms with Crippen LogP contribution < -0.4 is 5.32 Å². The quantitative estimate of drug-likeness (QED) is 0.630. The molecule has 2 aromatic rings. The summed E-state index contributed by atoms with van der Waals surface area (Å²) in [7, 11) is 1.95. The molecule has 1 N–H and O–H groups in total. The number of nitrogens with zero attached hydrogens (tertiary/aromatic N) is 4. The van der Waals surface area contributed by atoms with Crippen molar-refractivity contribution in [3.05, 3.63) is 52.3 Å².